The number of rotatable bonds is 37. The number of esters is 2. The first-order valence-electron chi connectivity index (χ1n) is 21.0. The van der Waals surface area contributed by atoms with Crippen molar-refractivity contribution in [2.24, 2.45) is 0 Å². The zero-order chi connectivity index (χ0) is 40.0. The monoisotopic (exact) mass is 761 g/mol. The number of carbonyl (C=O) groups is 3. The number of hydrogen-bond donors (Lipinski definition) is 1. The molecule has 0 saturated heterocycles. The quantitative estimate of drug-likeness (QED) is 0.0219. The molecular weight excluding hydrogens is 682 g/mol. The first-order valence-corrected chi connectivity index (χ1v) is 21.0. The maximum absolute atomic E-state index is 12.7. The molecule has 9 nitrogen and oxygen atoms in total. The summed E-state index contributed by atoms with van der Waals surface area (Å²) >= 11 is 0. The van der Waals surface area contributed by atoms with E-state index in [4.69, 9.17) is 18.9 Å². The molecule has 9 heteroatoms. The van der Waals surface area contributed by atoms with Crippen LogP contribution in [0.2, 0.25) is 0 Å². The van der Waals surface area contributed by atoms with Crippen molar-refractivity contribution < 1.29 is 42.9 Å². The second kappa shape index (κ2) is 36.9. The molecule has 0 aromatic carbocycles. The number of carboxylic acid groups (broad SMARTS) is 1. The van der Waals surface area contributed by atoms with Crippen molar-refractivity contribution in [1.82, 2.24) is 0 Å². The van der Waals surface area contributed by atoms with E-state index < -0.39 is 24.3 Å². The van der Waals surface area contributed by atoms with Gasteiger partial charge in [-0.05, 0) is 77.0 Å². The van der Waals surface area contributed by atoms with Crippen LogP contribution in [0.25, 0.3) is 0 Å². The molecule has 0 aliphatic rings. The van der Waals surface area contributed by atoms with E-state index in [0.29, 0.717) is 17.4 Å². The third-order valence-electron chi connectivity index (χ3n) is 8.51. The lowest BCUT2D eigenvalue weighted by Crippen LogP contribution is -2.40. The normalized spacial score (nSPS) is 13.6. The van der Waals surface area contributed by atoms with E-state index in [2.05, 4.69) is 74.6 Å². The summed E-state index contributed by atoms with van der Waals surface area (Å²) in [5.74, 6) is -2.09. The third-order valence-corrected chi connectivity index (χ3v) is 8.51. The molecule has 0 aliphatic carbocycles. The molecule has 0 bridgehead atoms. The molecule has 0 fully saturated rings. The summed E-state index contributed by atoms with van der Waals surface area (Å²) < 4.78 is 22.6. The van der Waals surface area contributed by atoms with Crippen LogP contribution in [0.4, 0.5) is 0 Å². The Hall–Kier alpha value is -3.01. The Kier molecular flexibility index (Phi) is 34.9. The van der Waals surface area contributed by atoms with Crippen molar-refractivity contribution in [2.45, 2.75) is 161 Å². The Morgan fingerprint density at radius 2 is 1.06 bits per heavy atom. The lowest BCUT2D eigenvalue weighted by molar-refractivity contribution is -0.870. The molecule has 2 atom stereocenters. The Bertz CT molecular complexity index is 1070. The third kappa shape index (κ3) is 37.3. The molecule has 2 unspecified atom stereocenters. The van der Waals surface area contributed by atoms with Gasteiger partial charge in [-0.25, -0.2) is 4.79 Å². The largest absolute Gasteiger partial charge is 0.477 e. The number of likely N-dealkylation sites (N-methyl/N-ethyl adjacent to an activating group) is 1. The molecule has 54 heavy (non-hydrogen) atoms. The second-order valence-electron chi connectivity index (χ2n) is 14.9. The van der Waals surface area contributed by atoms with Gasteiger partial charge in [0, 0.05) is 12.8 Å². The maximum atomic E-state index is 12.7. The fourth-order valence-electron chi connectivity index (χ4n) is 5.23. The van der Waals surface area contributed by atoms with Crippen LogP contribution >= 0.6 is 0 Å². The molecule has 0 aromatic heterocycles. The van der Waals surface area contributed by atoms with Gasteiger partial charge >= 0.3 is 17.9 Å². The number of carbonyl (C=O) groups excluding carboxylic acids is 2. The minimum atomic E-state index is -1.52. The SMILES string of the molecule is CC/C=C\C/C=C\C/C=C\C/C=C\CCCCC(=O)OC(COC(=O)CCCCCCC/C=C\CCCCCCC)COC(OCC[N+](C)(C)C)C(=O)O. The zero-order valence-corrected chi connectivity index (χ0v) is 34.9. The number of hydrogen-bond acceptors (Lipinski definition) is 7. The fourth-order valence-corrected chi connectivity index (χ4v) is 5.23. The summed E-state index contributed by atoms with van der Waals surface area (Å²) in [5, 5.41) is 9.61. The molecule has 0 radical (unpaired) electrons. The number of carboxylic acids is 1. The highest BCUT2D eigenvalue weighted by atomic mass is 16.7. The van der Waals surface area contributed by atoms with Crippen LogP contribution in [-0.4, -0.2) is 87.4 Å². The van der Waals surface area contributed by atoms with Gasteiger partial charge in [0.1, 0.15) is 13.2 Å². The highest BCUT2D eigenvalue weighted by molar-refractivity contribution is 5.71. The van der Waals surface area contributed by atoms with Crippen molar-refractivity contribution >= 4 is 17.9 Å². The van der Waals surface area contributed by atoms with Gasteiger partial charge in [0.2, 0.25) is 0 Å². The molecule has 0 rings (SSSR count). The van der Waals surface area contributed by atoms with Crippen molar-refractivity contribution in [3.63, 3.8) is 0 Å². The Morgan fingerprint density at radius 3 is 1.63 bits per heavy atom. The summed E-state index contributed by atoms with van der Waals surface area (Å²) in [6.45, 7) is 4.66. The smallest absolute Gasteiger partial charge is 0.361 e. The van der Waals surface area contributed by atoms with Gasteiger partial charge in [-0.3, -0.25) is 9.59 Å². The topological polar surface area (TPSA) is 108 Å². The average molecular weight is 761 g/mol. The minimum Gasteiger partial charge on any atom is -0.477 e. The van der Waals surface area contributed by atoms with E-state index >= 15 is 0 Å². The van der Waals surface area contributed by atoms with Crippen molar-refractivity contribution in [1.29, 1.82) is 0 Å². The molecule has 0 heterocycles. The van der Waals surface area contributed by atoms with Crippen LogP contribution in [0.3, 0.4) is 0 Å². The Morgan fingerprint density at radius 1 is 0.574 bits per heavy atom. The lowest BCUT2D eigenvalue weighted by Gasteiger charge is -2.25. The molecule has 0 aromatic rings. The second-order valence-corrected chi connectivity index (χ2v) is 14.9. The van der Waals surface area contributed by atoms with E-state index in [9.17, 15) is 19.5 Å². The minimum absolute atomic E-state index is 0.176. The van der Waals surface area contributed by atoms with Crippen molar-refractivity contribution in [3.8, 4) is 0 Å². The maximum Gasteiger partial charge on any atom is 0.361 e. The van der Waals surface area contributed by atoms with E-state index in [-0.39, 0.29) is 38.6 Å². The van der Waals surface area contributed by atoms with Crippen LogP contribution < -0.4 is 0 Å². The van der Waals surface area contributed by atoms with Gasteiger partial charge in [-0.2, -0.15) is 0 Å². The van der Waals surface area contributed by atoms with E-state index in [1.807, 2.05) is 21.1 Å². The standard InChI is InChI=1S/C45H77NO8/c1-6-8-10-12-14-16-18-20-22-24-26-28-30-32-34-36-43(48)54-41(40-53-45(44(49)50)51-38-37-46(3,4)5)39-52-42(47)35-33-31-29-27-25-23-21-19-17-15-13-11-9-7-2/h8,10,14,16,19-22,26,28,41,45H,6-7,9,11-13,15,17-18,23-25,27,29-40H2,1-5H3/p+1/b10-8-,16-14-,21-19-,22-20-,28-26-. The van der Waals surface area contributed by atoms with E-state index in [0.717, 1.165) is 77.0 Å². The van der Waals surface area contributed by atoms with Crippen LogP contribution in [0, 0.1) is 0 Å². The number of ether oxygens (including phenoxy) is 4. The first kappa shape index (κ1) is 51.0. The van der Waals surface area contributed by atoms with Crippen molar-refractivity contribution in [2.75, 3.05) is 47.5 Å². The van der Waals surface area contributed by atoms with Gasteiger partial charge in [0.15, 0.2) is 6.10 Å². The highest BCUT2D eigenvalue weighted by Gasteiger charge is 2.25. The summed E-state index contributed by atoms with van der Waals surface area (Å²) in [6, 6.07) is 0. The van der Waals surface area contributed by atoms with Gasteiger partial charge in [0.05, 0.1) is 34.4 Å². The van der Waals surface area contributed by atoms with Gasteiger partial charge < -0.3 is 28.5 Å². The summed E-state index contributed by atoms with van der Waals surface area (Å²) in [7, 11) is 5.93. The predicted octanol–water partition coefficient (Wildman–Crippen LogP) is 10.6. The molecule has 0 saturated carbocycles. The number of nitrogens with zero attached hydrogens (tertiary/aromatic N) is 1. The highest BCUT2D eigenvalue weighted by Crippen LogP contribution is 2.12. The molecule has 0 amide bonds. The van der Waals surface area contributed by atoms with Crippen LogP contribution in [0.5, 0.6) is 0 Å². The van der Waals surface area contributed by atoms with Gasteiger partial charge in [0.25, 0.3) is 6.29 Å². The molecular formula is C45H78NO8+. The molecule has 1 N–H and O–H groups in total. The number of unbranched alkanes of at least 4 members (excludes halogenated alkanes) is 12. The molecule has 0 aliphatic heterocycles. The van der Waals surface area contributed by atoms with Crippen LogP contribution in [0.15, 0.2) is 60.8 Å². The lowest BCUT2D eigenvalue weighted by atomic mass is 10.1. The average Bonchev–Trinajstić information content (AvgIpc) is 3.12. The number of quaternary nitrogens is 1. The van der Waals surface area contributed by atoms with E-state index in [1.165, 1.54) is 38.5 Å². The molecule has 310 valence electrons. The summed E-state index contributed by atoms with van der Waals surface area (Å²) in [6.07, 6.45) is 40.0. The van der Waals surface area contributed by atoms with E-state index in [1.54, 1.807) is 0 Å². The predicted molar refractivity (Wildman–Crippen MR) is 221 cm³/mol. The Labute approximate surface area is 329 Å². The Balaban J connectivity index is 4.59. The molecule has 0 spiro atoms. The van der Waals surface area contributed by atoms with Crippen LogP contribution in [-0.2, 0) is 33.3 Å². The number of aliphatic carboxylic acids is 1. The summed E-state index contributed by atoms with van der Waals surface area (Å²) in [5.41, 5.74) is 0. The van der Waals surface area contributed by atoms with Crippen molar-refractivity contribution in [3.05, 3.63) is 60.8 Å². The van der Waals surface area contributed by atoms with Crippen LogP contribution in [0.1, 0.15) is 149 Å². The van der Waals surface area contributed by atoms with Gasteiger partial charge in [-0.15, -0.1) is 0 Å². The first-order chi connectivity index (χ1) is 26.1. The fraction of sp³-hybridized carbons (Fsp3) is 0.711. The van der Waals surface area contributed by atoms with Gasteiger partial charge in [-0.1, -0.05) is 120 Å². The summed E-state index contributed by atoms with van der Waals surface area (Å²) in [4.78, 5) is 37.0. The zero-order valence-electron chi connectivity index (χ0n) is 34.9. The number of allylic oxidation sites excluding steroid dienone is 10.